The number of ether oxygens (including phenoxy) is 1. The van der Waals surface area contributed by atoms with Crippen molar-refractivity contribution in [2.24, 2.45) is 4.99 Å². The predicted molar refractivity (Wildman–Crippen MR) is 116 cm³/mol. The maximum absolute atomic E-state index is 6.03. The summed E-state index contributed by atoms with van der Waals surface area (Å²) in [6.45, 7) is 6.64. The molecule has 0 bridgehead atoms. The van der Waals surface area contributed by atoms with Gasteiger partial charge in [-0.1, -0.05) is 31.8 Å². The third-order valence-electron chi connectivity index (χ3n) is 4.49. The van der Waals surface area contributed by atoms with Crippen LogP contribution in [0.4, 0.5) is 0 Å². The number of nitrogens with one attached hydrogen (secondary N) is 1. The molecule has 5 heteroatoms. The molecule has 142 valence electrons. The molecule has 0 amide bonds. The number of guanidine groups is 1. The Hall–Kier alpha value is -0.300. The van der Waals surface area contributed by atoms with E-state index in [0.29, 0.717) is 6.10 Å². The van der Waals surface area contributed by atoms with E-state index in [4.69, 9.17) is 4.74 Å². The van der Waals surface area contributed by atoms with Crippen molar-refractivity contribution in [3.8, 4) is 0 Å². The largest absolute Gasteiger partial charge is 0.378 e. The lowest BCUT2D eigenvalue weighted by molar-refractivity contribution is 0.0411. The fraction of sp³-hybridized carbons (Fsp3) is 0.842. The summed E-state index contributed by atoms with van der Waals surface area (Å²) in [7, 11) is 3.94. The summed E-state index contributed by atoms with van der Waals surface area (Å²) < 4.78 is 6.03. The van der Waals surface area contributed by atoms with Crippen molar-refractivity contribution in [1.82, 2.24) is 10.2 Å². The first kappa shape index (κ1) is 23.7. The molecule has 1 fully saturated rings. The first-order chi connectivity index (χ1) is 11.3. The van der Waals surface area contributed by atoms with Crippen LogP contribution < -0.4 is 5.32 Å². The van der Waals surface area contributed by atoms with Gasteiger partial charge in [-0.2, -0.15) is 0 Å². The average molecular weight is 451 g/mol. The summed E-state index contributed by atoms with van der Waals surface area (Å²) in [6.07, 6.45) is 14.9. The van der Waals surface area contributed by atoms with Crippen LogP contribution in [0, 0.1) is 0 Å². The number of hydrogen-bond acceptors (Lipinski definition) is 2. The van der Waals surface area contributed by atoms with E-state index in [2.05, 4.69) is 28.8 Å². The third-order valence-corrected chi connectivity index (χ3v) is 4.49. The highest BCUT2D eigenvalue weighted by atomic mass is 127. The summed E-state index contributed by atoms with van der Waals surface area (Å²) in [5.74, 6) is 0.985. The highest BCUT2D eigenvalue weighted by Crippen LogP contribution is 2.19. The smallest absolute Gasteiger partial charge is 0.193 e. The molecule has 4 nitrogen and oxygen atoms in total. The molecule has 0 saturated heterocycles. The molecule has 1 rings (SSSR count). The van der Waals surface area contributed by atoms with E-state index in [-0.39, 0.29) is 24.0 Å². The zero-order valence-corrected chi connectivity index (χ0v) is 18.1. The molecule has 1 aliphatic rings. The summed E-state index contributed by atoms with van der Waals surface area (Å²) in [6, 6.07) is 0. The zero-order valence-electron chi connectivity index (χ0n) is 15.8. The molecule has 1 aliphatic carbocycles. The van der Waals surface area contributed by atoms with E-state index in [0.717, 1.165) is 51.3 Å². The maximum Gasteiger partial charge on any atom is 0.193 e. The van der Waals surface area contributed by atoms with Crippen LogP contribution >= 0.6 is 24.0 Å². The van der Waals surface area contributed by atoms with Gasteiger partial charge in [-0.3, -0.25) is 4.99 Å². The van der Waals surface area contributed by atoms with Gasteiger partial charge in [-0.15, -0.1) is 30.6 Å². The molecule has 1 N–H and O–H groups in total. The minimum absolute atomic E-state index is 0. The Kier molecular flexibility index (Phi) is 16.0. The van der Waals surface area contributed by atoms with E-state index in [1.165, 1.54) is 38.5 Å². The lowest BCUT2D eigenvalue weighted by atomic mass is 10.1. The second kappa shape index (κ2) is 16.2. The highest BCUT2D eigenvalue weighted by Gasteiger charge is 2.12. The van der Waals surface area contributed by atoms with Gasteiger partial charge >= 0.3 is 0 Å². The Morgan fingerprint density at radius 2 is 1.92 bits per heavy atom. The van der Waals surface area contributed by atoms with Crippen LogP contribution in [0.3, 0.4) is 0 Å². The fourth-order valence-corrected chi connectivity index (χ4v) is 3.05. The van der Waals surface area contributed by atoms with Gasteiger partial charge in [0.05, 0.1) is 6.10 Å². The van der Waals surface area contributed by atoms with E-state index >= 15 is 0 Å². The van der Waals surface area contributed by atoms with Crippen LogP contribution in [0.1, 0.15) is 64.2 Å². The SMILES string of the molecule is C=CCCCN(C)C(=NC)NCCCCOC1CCCCCC1.I. The van der Waals surface area contributed by atoms with Gasteiger partial charge in [0.2, 0.25) is 0 Å². The molecule has 0 aliphatic heterocycles. The Morgan fingerprint density at radius 3 is 2.54 bits per heavy atom. The highest BCUT2D eigenvalue weighted by molar-refractivity contribution is 14.0. The summed E-state index contributed by atoms with van der Waals surface area (Å²) in [4.78, 5) is 6.53. The number of halogens is 1. The number of rotatable bonds is 10. The Labute approximate surface area is 166 Å². The predicted octanol–water partition coefficient (Wildman–Crippen LogP) is 4.60. The standard InChI is InChI=1S/C19H37N3O.HI/c1-4-5-11-16-22(3)19(20-2)21-15-10-12-17-23-18-13-8-6-7-9-14-18;/h4,18H,1,5-17H2,2-3H3,(H,20,21);1H. The van der Waals surface area contributed by atoms with Crippen LogP contribution in [0.15, 0.2) is 17.6 Å². The lowest BCUT2D eigenvalue weighted by Crippen LogP contribution is -2.39. The normalized spacial score (nSPS) is 16.2. The second-order valence-electron chi connectivity index (χ2n) is 6.52. The van der Waals surface area contributed by atoms with Gasteiger partial charge in [0.1, 0.15) is 0 Å². The van der Waals surface area contributed by atoms with E-state index in [1.54, 1.807) is 0 Å². The van der Waals surface area contributed by atoms with E-state index in [1.807, 2.05) is 13.1 Å². The quantitative estimate of drug-likeness (QED) is 0.132. The average Bonchev–Trinajstić information content (AvgIpc) is 2.83. The van der Waals surface area contributed by atoms with Gasteiger partial charge in [0, 0.05) is 33.8 Å². The zero-order chi connectivity index (χ0) is 16.8. The molecule has 1 saturated carbocycles. The van der Waals surface area contributed by atoms with Gasteiger partial charge in [0.15, 0.2) is 5.96 Å². The van der Waals surface area contributed by atoms with Crippen LogP contribution in [-0.4, -0.2) is 50.8 Å². The monoisotopic (exact) mass is 451 g/mol. The van der Waals surface area contributed by atoms with Crippen LogP contribution in [0.5, 0.6) is 0 Å². The molecule has 0 heterocycles. The molecule has 0 aromatic heterocycles. The number of aliphatic imine (C=N–C) groups is 1. The lowest BCUT2D eigenvalue weighted by Gasteiger charge is -2.22. The molecule has 0 radical (unpaired) electrons. The van der Waals surface area contributed by atoms with E-state index in [9.17, 15) is 0 Å². The van der Waals surface area contributed by atoms with Gasteiger partial charge in [-0.05, 0) is 38.5 Å². The van der Waals surface area contributed by atoms with Crippen molar-refractivity contribution < 1.29 is 4.74 Å². The van der Waals surface area contributed by atoms with Crippen LogP contribution in [-0.2, 0) is 4.74 Å². The van der Waals surface area contributed by atoms with Crippen molar-refractivity contribution >= 4 is 29.9 Å². The summed E-state index contributed by atoms with van der Waals surface area (Å²) >= 11 is 0. The molecular formula is C19H38IN3O. The minimum atomic E-state index is 0. The first-order valence-corrected chi connectivity index (χ1v) is 9.42. The third kappa shape index (κ3) is 11.3. The molecular weight excluding hydrogens is 413 g/mol. The van der Waals surface area contributed by atoms with Crippen molar-refractivity contribution in [1.29, 1.82) is 0 Å². The molecule has 0 spiro atoms. The van der Waals surface area contributed by atoms with Crippen LogP contribution in [0.25, 0.3) is 0 Å². The van der Waals surface area contributed by atoms with E-state index < -0.39 is 0 Å². The van der Waals surface area contributed by atoms with Crippen molar-refractivity contribution in [2.45, 2.75) is 70.3 Å². The summed E-state index contributed by atoms with van der Waals surface area (Å²) in [5.41, 5.74) is 0. The first-order valence-electron chi connectivity index (χ1n) is 9.42. The number of hydrogen-bond donors (Lipinski definition) is 1. The fourth-order valence-electron chi connectivity index (χ4n) is 3.05. The number of allylic oxidation sites excluding steroid dienone is 1. The van der Waals surface area contributed by atoms with Crippen molar-refractivity contribution in [3.05, 3.63) is 12.7 Å². The topological polar surface area (TPSA) is 36.9 Å². The number of unbranched alkanes of at least 4 members (excludes halogenated alkanes) is 2. The van der Waals surface area contributed by atoms with Crippen molar-refractivity contribution in [3.63, 3.8) is 0 Å². The molecule has 0 aromatic rings. The van der Waals surface area contributed by atoms with Gasteiger partial charge in [-0.25, -0.2) is 0 Å². The Morgan fingerprint density at radius 1 is 1.21 bits per heavy atom. The Bertz CT molecular complexity index is 329. The maximum atomic E-state index is 6.03. The molecule has 0 atom stereocenters. The molecule has 0 unspecified atom stereocenters. The molecule has 24 heavy (non-hydrogen) atoms. The van der Waals surface area contributed by atoms with Gasteiger partial charge in [0.25, 0.3) is 0 Å². The molecule has 0 aromatic carbocycles. The minimum Gasteiger partial charge on any atom is -0.378 e. The summed E-state index contributed by atoms with van der Waals surface area (Å²) in [5, 5.41) is 3.44. The van der Waals surface area contributed by atoms with Gasteiger partial charge < -0.3 is 15.0 Å². The Balaban J connectivity index is 0.00000529. The van der Waals surface area contributed by atoms with Crippen molar-refractivity contribution in [2.75, 3.05) is 33.8 Å². The number of nitrogens with zero attached hydrogens (tertiary/aromatic N) is 2. The second-order valence-corrected chi connectivity index (χ2v) is 6.52. The van der Waals surface area contributed by atoms with Crippen LogP contribution in [0.2, 0.25) is 0 Å².